The summed E-state index contributed by atoms with van der Waals surface area (Å²) in [7, 11) is 4.13. The lowest BCUT2D eigenvalue weighted by Gasteiger charge is -2.38. The second kappa shape index (κ2) is 7.43. The molecule has 0 radical (unpaired) electrons. The van der Waals surface area contributed by atoms with Crippen molar-refractivity contribution in [2.45, 2.75) is 44.7 Å². The normalized spacial score (nSPS) is 26.2. The first-order valence-corrected chi connectivity index (χ1v) is 7.23. The van der Waals surface area contributed by atoms with E-state index >= 15 is 0 Å². The predicted molar refractivity (Wildman–Crippen MR) is 76.9 cm³/mol. The number of rotatable bonds is 7. The number of likely N-dealkylation sites (N-methyl/N-ethyl adjacent to an activating group) is 2. The van der Waals surface area contributed by atoms with E-state index in [1.807, 2.05) is 7.05 Å². The number of piperazine rings is 1. The minimum absolute atomic E-state index is 0.103. The molecule has 1 fully saturated rings. The zero-order valence-corrected chi connectivity index (χ0v) is 12.6. The maximum Gasteiger partial charge on any atom is 0.0610 e. The highest BCUT2D eigenvalue weighted by Crippen LogP contribution is 2.14. The molecule has 18 heavy (non-hydrogen) atoms. The van der Waals surface area contributed by atoms with Crippen LogP contribution in [0.5, 0.6) is 0 Å². The van der Waals surface area contributed by atoms with Crippen LogP contribution in [0.2, 0.25) is 0 Å². The van der Waals surface area contributed by atoms with Crippen LogP contribution in [0.4, 0.5) is 0 Å². The lowest BCUT2D eigenvalue weighted by atomic mass is 9.96. The largest absolute Gasteiger partial charge is 0.394 e. The molecule has 0 aromatic rings. The van der Waals surface area contributed by atoms with Crippen molar-refractivity contribution in [3.63, 3.8) is 0 Å². The molecular weight excluding hydrogens is 226 g/mol. The van der Waals surface area contributed by atoms with Gasteiger partial charge in [-0.3, -0.25) is 4.90 Å². The summed E-state index contributed by atoms with van der Waals surface area (Å²) in [4.78, 5) is 5.00. The lowest BCUT2D eigenvalue weighted by Crippen LogP contribution is -2.50. The van der Waals surface area contributed by atoms with Crippen molar-refractivity contribution in [1.82, 2.24) is 15.1 Å². The maximum atomic E-state index is 9.33. The summed E-state index contributed by atoms with van der Waals surface area (Å²) in [6.07, 6.45) is 3.45. The van der Waals surface area contributed by atoms with E-state index in [2.05, 4.69) is 36.0 Å². The van der Waals surface area contributed by atoms with Crippen molar-refractivity contribution in [2.75, 3.05) is 46.9 Å². The van der Waals surface area contributed by atoms with Crippen LogP contribution in [-0.4, -0.2) is 73.4 Å². The van der Waals surface area contributed by atoms with Crippen molar-refractivity contribution in [1.29, 1.82) is 0 Å². The second-order valence-corrected chi connectivity index (χ2v) is 6.07. The van der Waals surface area contributed by atoms with E-state index in [0.29, 0.717) is 6.04 Å². The molecule has 2 N–H and O–H groups in total. The fraction of sp³-hybridized carbons (Fsp3) is 1.00. The Labute approximate surface area is 112 Å². The molecular formula is C14H31N3O. The summed E-state index contributed by atoms with van der Waals surface area (Å²) in [6.45, 7) is 9.39. The van der Waals surface area contributed by atoms with Gasteiger partial charge in [0.15, 0.2) is 0 Å². The summed E-state index contributed by atoms with van der Waals surface area (Å²) < 4.78 is 0. The van der Waals surface area contributed by atoms with Crippen LogP contribution < -0.4 is 5.32 Å². The first kappa shape index (κ1) is 15.9. The maximum absolute atomic E-state index is 9.33. The molecule has 0 spiro atoms. The Bertz CT molecular complexity index is 231. The van der Waals surface area contributed by atoms with E-state index < -0.39 is 0 Å². The van der Waals surface area contributed by atoms with Crippen LogP contribution in [0, 0.1) is 0 Å². The van der Waals surface area contributed by atoms with Crippen molar-refractivity contribution >= 4 is 0 Å². The molecule has 0 bridgehead atoms. The first-order valence-electron chi connectivity index (χ1n) is 7.23. The summed E-state index contributed by atoms with van der Waals surface area (Å²) in [6, 6.07) is 0.678. The average Bonchev–Trinajstić information content (AvgIpc) is 2.36. The molecule has 1 rings (SSSR count). The van der Waals surface area contributed by atoms with E-state index in [1.165, 1.54) is 39.0 Å². The molecule has 0 aromatic heterocycles. The number of hydrogen-bond acceptors (Lipinski definition) is 4. The van der Waals surface area contributed by atoms with E-state index in [0.717, 1.165) is 6.42 Å². The molecule has 4 heteroatoms. The zero-order chi connectivity index (χ0) is 13.6. The van der Waals surface area contributed by atoms with Gasteiger partial charge in [0.25, 0.3) is 0 Å². The Morgan fingerprint density at radius 2 is 2.06 bits per heavy atom. The average molecular weight is 257 g/mol. The predicted octanol–water partition coefficient (Wildman–Crippen LogP) is 0.763. The van der Waals surface area contributed by atoms with E-state index in [1.54, 1.807) is 0 Å². The summed E-state index contributed by atoms with van der Waals surface area (Å²) >= 11 is 0. The van der Waals surface area contributed by atoms with Crippen molar-refractivity contribution < 1.29 is 5.11 Å². The molecule has 0 aliphatic carbocycles. The number of hydrogen-bond donors (Lipinski definition) is 2. The number of nitrogens with zero attached hydrogens (tertiary/aromatic N) is 2. The van der Waals surface area contributed by atoms with Gasteiger partial charge in [0.2, 0.25) is 0 Å². The molecule has 0 aromatic carbocycles. The standard InChI is InChI=1S/C14H31N3O/c1-13-11-16(4)9-10-17(13)8-6-5-7-14(2,12-18)15-3/h13,15,18H,5-12H2,1-4H3. The molecule has 1 aliphatic heterocycles. The number of nitrogens with one attached hydrogen (secondary N) is 1. The highest BCUT2D eigenvalue weighted by Gasteiger charge is 2.22. The Morgan fingerprint density at radius 3 is 2.61 bits per heavy atom. The molecule has 108 valence electrons. The SMILES string of the molecule is CNC(C)(CO)CCCCN1CCN(C)CC1C. The molecule has 0 amide bonds. The summed E-state index contributed by atoms with van der Waals surface area (Å²) in [5.41, 5.74) is -0.103. The molecule has 2 atom stereocenters. The summed E-state index contributed by atoms with van der Waals surface area (Å²) in [5, 5.41) is 12.5. The Morgan fingerprint density at radius 1 is 1.33 bits per heavy atom. The van der Waals surface area contributed by atoms with Gasteiger partial charge in [0.1, 0.15) is 0 Å². The van der Waals surface area contributed by atoms with Crippen LogP contribution in [0.25, 0.3) is 0 Å². The van der Waals surface area contributed by atoms with Gasteiger partial charge in [0.05, 0.1) is 6.61 Å². The van der Waals surface area contributed by atoms with Crippen molar-refractivity contribution in [3.05, 3.63) is 0 Å². The molecule has 1 aliphatic rings. The van der Waals surface area contributed by atoms with Gasteiger partial charge in [-0.15, -0.1) is 0 Å². The highest BCUT2D eigenvalue weighted by molar-refractivity contribution is 4.81. The van der Waals surface area contributed by atoms with Gasteiger partial charge in [-0.1, -0.05) is 6.42 Å². The van der Waals surface area contributed by atoms with Gasteiger partial charge < -0.3 is 15.3 Å². The van der Waals surface area contributed by atoms with Gasteiger partial charge in [-0.25, -0.2) is 0 Å². The van der Waals surface area contributed by atoms with Crippen LogP contribution in [0.15, 0.2) is 0 Å². The Kier molecular flexibility index (Phi) is 6.57. The molecule has 1 saturated heterocycles. The van der Waals surface area contributed by atoms with Gasteiger partial charge in [0, 0.05) is 31.2 Å². The third-order valence-electron chi connectivity index (χ3n) is 4.34. The van der Waals surface area contributed by atoms with Gasteiger partial charge >= 0.3 is 0 Å². The Hall–Kier alpha value is -0.160. The fourth-order valence-corrected chi connectivity index (χ4v) is 2.62. The Balaban J connectivity index is 2.18. The van der Waals surface area contributed by atoms with Crippen molar-refractivity contribution in [3.8, 4) is 0 Å². The van der Waals surface area contributed by atoms with E-state index in [-0.39, 0.29) is 12.1 Å². The van der Waals surface area contributed by atoms with Gasteiger partial charge in [-0.05, 0) is 47.3 Å². The molecule has 0 saturated carbocycles. The molecule has 2 unspecified atom stereocenters. The fourth-order valence-electron chi connectivity index (χ4n) is 2.62. The second-order valence-electron chi connectivity index (χ2n) is 6.07. The first-order chi connectivity index (χ1) is 8.50. The van der Waals surface area contributed by atoms with Crippen LogP contribution in [-0.2, 0) is 0 Å². The minimum atomic E-state index is -0.103. The van der Waals surface area contributed by atoms with E-state index in [9.17, 15) is 5.11 Å². The van der Waals surface area contributed by atoms with E-state index in [4.69, 9.17) is 0 Å². The topological polar surface area (TPSA) is 38.7 Å². The number of unbranched alkanes of at least 4 members (excludes halogenated alkanes) is 1. The third kappa shape index (κ3) is 4.84. The zero-order valence-electron chi connectivity index (χ0n) is 12.6. The lowest BCUT2D eigenvalue weighted by molar-refractivity contribution is 0.0966. The highest BCUT2D eigenvalue weighted by atomic mass is 16.3. The minimum Gasteiger partial charge on any atom is -0.394 e. The molecule has 4 nitrogen and oxygen atoms in total. The van der Waals surface area contributed by atoms with Crippen LogP contribution in [0.1, 0.15) is 33.1 Å². The third-order valence-corrected chi connectivity index (χ3v) is 4.34. The monoisotopic (exact) mass is 257 g/mol. The smallest absolute Gasteiger partial charge is 0.0610 e. The number of aliphatic hydroxyl groups is 1. The van der Waals surface area contributed by atoms with Crippen LogP contribution in [0.3, 0.4) is 0 Å². The quantitative estimate of drug-likeness (QED) is 0.661. The number of aliphatic hydroxyl groups excluding tert-OH is 1. The van der Waals surface area contributed by atoms with Crippen LogP contribution >= 0.6 is 0 Å². The van der Waals surface area contributed by atoms with Gasteiger partial charge in [-0.2, -0.15) is 0 Å². The summed E-state index contributed by atoms with van der Waals surface area (Å²) in [5.74, 6) is 0. The van der Waals surface area contributed by atoms with Crippen molar-refractivity contribution in [2.24, 2.45) is 0 Å². The molecule has 1 heterocycles.